The monoisotopic (exact) mass is 398 g/mol. The minimum absolute atomic E-state index is 0.0469. The molecule has 0 saturated carbocycles. The molecule has 0 fully saturated rings. The Morgan fingerprint density at radius 2 is 2.00 bits per heavy atom. The molecular weight excluding hydrogens is 383 g/mol. The Kier molecular flexibility index (Phi) is 4.88. The number of fused-ring (bicyclic) bond motifs is 1. The lowest BCUT2D eigenvalue weighted by Crippen LogP contribution is -2.35. The van der Waals surface area contributed by atoms with Gasteiger partial charge < -0.3 is 14.6 Å². The lowest BCUT2D eigenvalue weighted by Gasteiger charge is -2.29. The maximum absolute atomic E-state index is 14.0. The summed E-state index contributed by atoms with van der Waals surface area (Å²) in [4.78, 5) is 26.8. The van der Waals surface area contributed by atoms with E-state index in [9.17, 15) is 14.0 Å². The number of hydrogen-bond acceptors (Lipinski definition) is 3. The summed E-state index contributed by atoms with van der Waals surface area (Å²) in [5.74, 6) is -1.24. The predicted octanol–water partition coefficient (Wildman–Crippen LogP) is 4.92. The molecular formula is C21H16ClFN2O3. The molecule has 5 nitrogen and oxygen atoms in total. The van der Waals surface area contributed by atoms with E-state index >= 15 is 0 Å². The number of carbonyl (C=O) groups excluding carboxylic acids is 2. The molecule has 0 bridgehead atoms. The fourth-order valence-corrected chi connectivity index (χ4v) is 3.58. The third kappa shape index (κ3) is 3.39. The molecule has 3 aromatic rings. The number of amides is 2. The van der Waals surface area contributed by atoms with E-state index in [1.807, 2.05) is 0 Å². The minimum atomic E-state index is -0.682. The number of anilines is 2. The molecule has 7 heteroatoms. The maximum atomic E-state index is 14.0. The van der Waals surface area contributed by atoms with Crippen LogP contribution in [0, 0.1) is 5.82 Å². The summed E-state index contributed by atoms with van der Waals surface area (Å²) in [5, 5.41) is 2.72. The topological polar surface area (TPSA) is 62.6 Å². The van der Waals surface area contributed by atoms with Gasteiger partial charge in [-0.05, 0) is 60.9 Å². The van der Waals surface area contributed by atoms with E-state index in [0.29, 0.717) is 12.2 Å². The molecule has 0 spiro atoms. The average molecular weight is 399 g/mol. The van der Waals surface area contributed by atoms with Crippen LogP contribution < -0.4 is 10.2 Å². The summed E-state index contributed by atoms with van der Waals surface area (Å²) in [6.45, 7) is 0.586. The highest BCUT2D eigenvalue weighted by Gasteiger charge is 2.25. The second-order valence-electron chi connectivity index (χ2n) is 6.43. The van der Waals surface area contributed by atoms with Crippen molar-refractivity contribution >= 4 is 34.8 Å². The molecule has 1 aliphatic heterocycles. The Morgan fingerprint density at radius 1 is 1.14 bits per heavy atom. The van der Waals surface area contributed by atoms with Crippen LogP contribution in [0.2, 0.25) is 5.02 Å². The van der Waals surface area contributed by atoms with E-state index in [0.717, 1.165) is 24.1 Å². The van der Waals surface area contributed by atoms with Gasteiger partial charge in [0.25, 0.3) is 11.8 Å². The lowest BCUT2D eigenvalue weighted by atomic mass is 10.0. The number of furan rings is 1. The van der Waals surface area contributed by atoms with Crippen LogP contribution in [0.15, 0.2) is 59.2 Å². The summed E-state index contributed by atoms with van der Waals surface area (Å²) in [7, 11) is 0. The quantitative estimate of drug-likeness (QED) is 0.681. The maximum Gasteiger partial charge on any atom is 0.293 e. The van der Waals surface area contributed by atoms with Gasteiger partial charge in [0.15, 0.2) is 5.76 Å². The van der Waals surface area contributed by atoms with Gasteiger partial charge in [-0.25, -0.2) is 4.39 Å². The highest BCUT2D eigenvalue weighted by Crippen LogP contribution is 2.31. The molecule has 2 heterocycles. The first-order chi connectivity index (χ1) is 13.5. The van der Waals surface area contributed by atoms with Crippen molar-refractivity contribution in [3.8, 4) is 0 Å². The fraction of sp³-hybridized carbons (Fsp3) is 0.143. The number of halogens is 2. The van der Waals surface area contributed by atoms with Crippen molar-refractivity contribution in [3.63, 3.8) is 0 Å². The van der Waals surface area contributed by atoms with Gasteiger partial charge in [0.1, 0.15) is 5.82 Å². The number of rotatable bonds is 3. The molecule has 1 aliphatic rings. The molecule has 1 N–H and O–H groups in total. The zero-order valence-corrected chi connectivity index (χ0v) is 15.5. The number of hydrogen-bond donors (Lipinski definition) is 1. The van der Waals surface area contributed by atoms with Crippen LogP contribution in [0.3, 0.4) is 0 Å². The van der Waals surface area contributed by atoms with Crippen LogP contribution in [0.1, 0.15) is 32.9 Å². The molecule has 0 unspecified atom stereocenters. The van der Waals surface area contributed by atoms with Crippen LogP contribution in [-0.2, 0) is 6.42 Å². The van der Waals surface area contributed by atoms with Gasteiger partial charge in [0.05, 0.1) is 16.8 Å². The largest absolute Gasteiger partial charge is 0.459 e. The number of carbonyl (C=O) groups is 2. The first-order valence-corrected chi connectivity index (χ1v) is 9.16. The van der Waals surface area contributed by atoms with Gasteiger partial charge in [0, 0.05) is 17.9 Å². The second-order valence-corrected chi connectivity index (χ2v) is 6.84. The lowest BCUT2D eigenvalue weighted by molar-refractivity contribution is 0.0957. The molecule has 0 saturated heterocycles. The first kappa shape index (κ1) is 18.3. The van der Waals surface area contributed by atoms with Crippen molar-refractivity contribution in [2.24, 2.45) is 0 Å². The van der Waals surface area contributed by atoms with Crippen LogP contribution in [0.25, 0.3) is 0 Å². The van der Waals surface area contributed by atoms with Gasteiger partial charge in [-0.15, -0.1) is 0 Å². The fourth-order valence-electron chi connectivity index (χ4n) is 3.33. The standard InChI is InChI=1S/C21H16ClFN2O3/c22-15-5-1-6-16(23)19(15)20(26)24-14-8-9-17-13(12-14)4-2-10-25(17)21(27)18-7-3-11-28-18/h1,3,5-9,11-12H,2,4,10H2,(H,24,26). The number of aryl methyl sites for hydroxylation is 1. The van der Waals surface area contributed by atoms with Crippen molar-refractivity contribution in [1.29, 1.82) is 0 Å². The Hall–Kier alpha value is -3.12. The minimum Gasteiger partial charge on any atom is -0.459 e. The number of nitrogens with zero attached hydrogens (tertiary/aromatic N) is 1. The first-order valence-electron chi connectivity index (χ1n) is 8.78. The predicted molar refractivity (Wildman–Crippen MR) is 105 cm³/mol. The third-order valence-electron chi connectivity index (χ3n) is 4.62. The Labute approximate surface area is 165 Å². The van der Waals surface area contributed by atoms with E-state index in [1.165, 1.54) is 24.5 Å². The summed E-state index contributed by atoms with van der Waals surface area (Å²) in [6.07, 6.45) is 3.02. The van der Waals surface area contributed by atoms with Crippen LogP contribution >= 0.6 is 11.6 Å². The van der Waals surface area contributed by atoms with Crippen molar-refractivity contribution in [3.05, 3.63) is 82.5 Å². The zero-order chi connectivity index (χ0) is 19.7. The zero-order valence-electron chi connectivity index (χ0n) is 14.7. The highest BCUT2D eigenvalue weighted by atomic mass is 35.5. The Bertz CT molecular complexity index is 1030. The smallest absolute Gasteiger partial charge is 0.293 e. The summed E-state index contributed by atoms with van der Waals surface area (Å²) >= 11 is 5.95. The van der Waals surface area contributed by atoms with Crippen molar-refractivity contribution in [1.82, 2.24) is 0 Å². The van der Waals surface area contributed by atoms with Gasteiger partial charge in [-0.3, -0.25) is 9.59 Å². The summed E-state index contributed by atoms with van der Waals surface area (Å²) < 4.78 is 19.2. The van der Waals surface area contributed by atoms with Crippen LogP contribution in [0.5, 0.6) is 0 Å². The van der Waals surface area contributed by atoms with E-state index in [4.69, 9.17) is 16.0 Å². The van der Waals surface area contributed by atoms with Gasteiger partial charge in [-0.1, -0.05) is 17.7 Å². The van der Waals surface area contributed by atoms with E-state index in [2.05, 4.69) is 5.32 Å². The molecule has 28 heavy (non-hydrogen) atoms. The van der Waals surface area contributed by atoms with Crippen molar-refractivity contribution in [2.45, 2.75) is 12.8 Å². The van der Waals surface area contributed by atoms with Crippen molar-refractivity contribution < 1.29 is 18.4 Å². The Balaban J connectivity index is 1.59. The van der Waals surface area contributed by atoms with Gasteiger partial charge in [0.2, 0.25) is 0 Å². The molecule has 0 atom stereocenters. The molecule has 2 amide bonds. The summed E-state index contributed by atoms with van der Waals surface area (Å²) in [5.41, 5.74) is 2.00. The molecule has 2 aromatic carbocycles. The number of benzene rings is 2. The normalized spacial score (nSPS) is 13.1. The van der Waals surface area contributed by atoms with Gasteiger partial charge in [-0.2, -0.15) is 0 Å². The van der Waals surface area contributed by atoms with E-state index < -0.39 is 11.7 Å². The van der Waals surface area contributed by atoms with Crippen molar-refractivity contribution in [2.75, 3.05) is 16.8 Å². The second kappa shape index (κ2) is 7.48. The molecule has 142 valence electrons. The molecule has 4 rings (SSSR count). The Morgan fingerprint density at radius 3 is 2.75 bits per heavy atom. The number of nitrogens with one attached hydrogen (secondary N) is 1. The van der Waals surface area contributed by atoms with E-state index in [-0.39, 0.29) is 22.3 Å². The van der Waals surface area contributed by atoms with E-state index in [1.54, 1.807) is 35.2 Å². The summed E-state index contributed by atoms with van der Waals surface area (Å²) in [6, 6.07) is 12.6. The molecule has 0 radical (unpaired) electrons. The van der Waals surface area contributed by atoms with Gasteiger partial charge >= 0.3 is 0 Å². The molecule has 1 aromatic heterocycles. The molecule has 0 aliphatic carbocycles. The van der Waals surface area contributed by atoms with Crippen LogP contribution in [0.4, 0.5) is 15.8 Å². The highest BCUT2D eigenvalue weighted by molar-refractivity contribution is 6.34. The third-order valence-corrected chi connectivity index (χ3v) is 4.94. The van der Waals surface area contributed by atoms with Crippen LogP contribution in [-0.4, -0.2) is 18.4 Å². The average Bonchev–Trinajstić information content (AvgIpc) is 3.21. The SMILES string of the molecule is O=C(Nc1ccc2c(c1)CCCN2C(=O)c1ccco1)c1c(F)cccc1Cl.